The third kappa shape index (κ3) is 3.71. The zero-order valence-corrected chi connectivity index (χ0v) is 14.5. The minimum atomic E-state index is 0.0924. The van der Waals surface area contributed by atoms with E-state index in [-0.39, 0.29) is 11.5 Å². The third-order valence-corrected chi connectivity index (χ3v) is 4.36. The number of aryl methyl sites for hydroxylation is 1. The number of hydrogen-bond acceptors (Lipinski definition) is 4. The summed E-state index contributed by atoms with van der Waals surface area (Å²) < 4.78 is 2.23. The van der Waals surface area contributed by atoms with Gasteiger partial charge in [-0.1, -0.05) is 34.6 Å². The molecule has 116 valence electrons. The Labute approximate surface area is 131 Å². The van der Waals surface area contributed by atoms with Crippen LogP contribution in [0.25, 0.3) is 0 Å². The summed E-state index contributed by atoms with van der Waals surface area (Å²) in [5.74, 6) is 0. The molecule has 0 fully saturated rings. The van der Waals surface area contributed by atoms with E-state index in [0.717, 1.165) is 30.2 Å². The minimum Gasteiger partial charge on any atom is -0.333 e. The zero-order chi connectivity index (χ0) is 15.5. The van der Waals surface area contributed by atoms with Gasteiger partial charge in [-0.15, -0.1) is 11.3 Å². The largest absolute Gasteiger partial charge is 0.333 e. The molecule has 0 spiro atoms. The predicted octanol–water partition coefficient (Wildman–Crippen LogP) is 3.75. The van der Waals surface area contributed by atoms with Gasteiger partial charge in [0.2, 0.25) is 0 Å². The van der Waals surface area contributed by atoms with Crippen molar-refractivity contribution >= 4 is 11.3 Å². The maximum atomic E-state index is 4.87. The van der Waals surface area contributed by atoms with Crippen LogP contribution in [0.4, 0.5) is 0 Å². The Morgan fingerprint density at radius 3 is 2.67 bits per heavy atom. The van der Waals surface area contributed by atoms with Gasteiger partial charge in [-0.05, 0) is 13.0 Å². The maximum absolute atomic E-state index is 4.87. The van der Waals surface area contributed by atoms with Gasteiger partial charge in [-0.2, -0.15) is 0 Å². The van der Waals surface area contributed by atoms with Crippen LogP contribution in [0.5, 0.6) is 0 Å². The number of nitrogens with one attached hydrogen (secondary N) is 1. The number of imidazole rings is 1. The van der Waals surface area contributed by atoms with E-state index in [9.17, 15) is 0 Å². The summed E-state index contributed by atoms with van der Waals surface area (Å²) in [4.78, 5) is 9.20. The van der Waals surface area contributed by atoms with Gasteiger partial charge in [-0.25, -0.2) is 9.97 Å². The molecule has 0 saturated carbocycles. The first-order chi connectivity index (χ1) is 9.97. The molecule has 1 N–H and O–H groups in total. The zero-order valence-electron chi connectivity index (χ0n) is 13.7. The fourth-order valence-electron chi connectivity index (χ4n) is 2.29. The fraction of sp³-hybridized carbons (Fsp3) is 0.625. The van der Waals surface area contributed by atoms with Crippen LogP contribution in [-0.2, 0) is 12.0 Å². The number of aromatic nitrogens is 3. The van der Waals surface area contributed by atoms with Crippen molar-refractivity contribution in [2.45, 2.75) is 59.0 Å². The Morgan fingerprint density at radius 2 is 2.10 bits per heavy atom. The Kier molecular flexibility index (Phi) is 5.17. The molecule has 0 aliphatic carbocycles. The molecule has 4 nitrogen and oxygen atoms in total. The van der Waals surface area contributed by atoms with Gasteiger partial charge in [0, 0.05) is 17.3 Å². The molecule has 1 atom stereocenters. The van der Waals surface area contributed by atoms with E-state index in [2.05, 4.69) is 54.9 Å². The molecular weight excluding hydrogens is 280 g/mol. The molecule has 2 aromatic heterocycles. The van der Waals surface area contributed by atoms with Crippen LogP contribution in [0.1, 0.15) is 63.5 Å². The van der Waals surface area contributed by atoms with Crippen molar-refractivity contribution in [2.24, 2.45) is 0 Å². The maximum Gasteiger partial charge on any atom is 0.116 e. The summed E-state index contributed by atoms with van der Waals surface area (Å²) in [6.45, 7) is 12.8. The van der Waals surface area contributed by atoms with E-state index >= 15 is 0 Å². The molecular formula is C16H26N4S. The number of thiazole rings is 1. The van der Waals surface area contributed by atoms with Crippen molar-refractivity contribution in [3.05, 3.63) is 34.3 Å². The highest BCUT2D eigenvalue weighted by molar-refractivity contribution is 7.09. The molecule has 2 heterocycles. The lowest BCUT2D eigenvalue weighted by atomic mass is 9.93. The first-order valence-electron chi connectivity index (χ1n) is 7.66. The molecule has 5 heteroatoms. The van der Waals surface area contributed by atoms with Crippen LogP contribution < -0.4 is 5.32 Å². The van der Waals surface area contributed by atoms with Gasteiger partial charge in [0.1, 0.15) is 11.0 Å². The van der Waals surface area contributed by atoms with Crippen LogP contribution in [0, 0.1) is 0 Å². The Morgan fingerprint density at radius 1 is 1.33 bits per heavy atom. The van der Waals surface area contributed by atoms with E-state index < -0.39 is 0 Å². The van der Waals surface area contributed by atoms with Crippen molar-refractivity contribution in [2.75, 3.05) is 6.54 Å². The van der Waals surface area contributed by atoms with Crippen LogP contribution in [0.3, 0.4) is 0 Å². The fourth-order valence-corrected chi connectivity index (χ4v) is 3.42. The second-order valence-electron chi connectivity index (χ2n) is 6.32. The molecule has 2 aromatic rings. The van der Waals surface area contributed by atoms with E-state index in [4.69, 9.17) is 4.98 Å². The summed E-state index contributed by atoms with van der Waals surface area (Å²) in [5, 5.41) is 6.86. The summed E-state index contributed by atoms with van der Waals surface area (Å²) in [6, 6.07) is 0.130. The quantitative estimate of drug-likeness (QED) is 0.884. The van der Waals surface area contributed by atoms with Gasteiger partial charge < -0.3 is 9.88 Å². The van der Waals surface area contributed by atoms with Crippen LogP contribution in [0.15, 0.2) is 17.9 Å². The highest BCUT2D eigenvalue weighted by Gasteiger charge is 2.24. The first kappa shape index (κ1) is 16.2. The number of rotatable bonds is 6. The summed E-state index contributed by atoms with van der Waals surface area (Å²) in [7, 11) is 0. The van der Waals surface area contributed by atoms with E-state index in [0.29, 0.717) is 0 Å². The molecule has 0 bridgehead atoms. The molecule has 0 radical (unpaired) electrons. The lowest BCUT2D eigenvalue weighted by molar-refractivity contribution is 0.542. The van der Waals surface area contributed by atoms with Crippen molar-refractivity contribution in [3.8, 4) is 0 Å². The summed E-state index contributed by atoms with van der Waals surface area (Å²) in [5.41, 5.74) is 2.45. The molecule has 0 aromatic carbocycles. The standard InChI is InChI=1S/C16H26N4S/c1-6-8-20-11-17-9-12(20)14(18-7-2)15-19-13(10-21-15)16(3,4)5/h9-11,14,18H,6-8H2,1-5H3. The smallest absolute Gasteiger partial charge is 0.116 e. The minimum absolute atomic E-state index is 0.0924. The van der Waals surface area contributed by atoms with Crippen molar-refractivity contribution in [3.63, 3.8) is 0 Å². The van der Waals surface area contributed by atoms with Crippen LogP contribution >= 0.6 is 11.3 Å². The summed E-state index contributed by atoms with van der Waals surface area (Å²) in [6.07, 6.45) is 4.98. The van der Waals surface area contributed by atoms with Gasteiger partial charge >= 0.3 is 0 Å². The molecule has 1 unspecified atom stereocenters. The van der Waals surface area contributed by atoms with Crippen LogP contribution in [0.2, 0.25) is 0 Å². The van der Waals surface area contributed by atoms with Crippen molar-refractivity contribution in [1.29, 1.82) is 0 Å². The van der Waals surface area contributed by atoms with Crippen molar-refractivity contribution < 1.29 is 0 Å². The Bertz CT molecular complexity index is 565. The van der Waals surface area contributed by atoms with E-state index in [1.165, 1.54) is 5.69 Å². The highest BCUT2D eigenvalue weighted by Crippen LogP contribution is 2.30. The average molecular weight is 306 g/mol. The highest BCUT2D eigenvalue weighted by atomic mass is 32.1. The van der Waals surface area contributed by atoms with Gasteiger partial charge in [0.15, 0.2) is 0 Å². The molecule has 0 amide bonds. The third-order valence-electron chi connectivity index (χ3n) is 3.45. The first-order valence-corrected chi connectivity index (χ1v) is 8.54. The lowest BCUT2D eigenvalue weighted by Gasteiger charge is -2.18. The van der Waals surface area contributed by atoms with E-state index in [1.54, 1.807) is 11.3 Å². The molecule has 0 aliphatic rings. The molecule has 0 aliphatic heterocycles. The summed E-state index contributed by atoms with van der Waals surface area (Å²) >= 11 is 1.73. The van der Waals surface area contributed by atoms with Gasteiger partial charge in [0.05, 0.1) is 23.9 Å². The second kappa shape index (κ2) is 6.71. The van der Waals surface area contributed by atoms with Crippen LogP contribution in [-0.4, -0.2) is 21.1 Å². The topological polar surface area (TPSA) is 42.7 Å². The van der Waals surface area contributed by atoms with Crippen molar-refractivity contribution in [1.82, 2.24) is 19.9 Å². The molecule has 21 heavy (non-hydrogen) atoms. The molecule has 2 rings (SSSR count). The normalized spacial score (nSPS) is 13.6. The predicted molar refractivity (Wildman–Crippen MR) is 88.9 cm³/mol. The number of hydrogen-bond donors (Lipinski definition) is 1. The monoisotopic (exact) mass is 306 g/mol. The SMILES string of the molecule is CCCn1cncc1C(NCC)c1nc(C(C)(C)C)cs1. The van der Waals surface area contributed by atoms with E-state index in [1.807, 2.05) is 12.5 Å². The number of nitrogens with zero attached hydrogens (tertiary/aromatic N) is 3. The second-order valence-corrected chi connectivity index (χ2v) is 7.21. The van der Waals surface area contributed by atoms with Gasteiger partial charge in [0.25, 0.3) is 0 Å². The Balaban J connectivity index is 2.34. The molecule has 0 saturated heterocycles. The van der Waals surface area contributed by atoms with Gasteiger partial charge in [-0.3, -0.25) is 0 Å². The average Bonchev–Trinajstić information content (AvgIpc) is 3.05. The Hall–Kier alpha value is -1.20. The lowest BCUT2D eigenvalue weighted by Crippen LogP contribution is -2.25.